The van der Waals surface area contributed by atoms with Crippen LogP contribution in [0, 0.1) is 18.3 Å². The maximum absolute atomic E-state index is 9.15. The molecule has 3 aromatic rings. The maximum atomic E-state index is 9.15. The van der Waals surface area contributed by atoms with E-state index in [0.717, 1.165) is 30.0 Å². The Morgan fingerprint density at radius 3 is 2.53 bits per heavy atom. The average molecular weight is 443 g/mol. The maximum Gasteiger partial charge on any atom is 0.147 e. The molecule has 4 rings (SSSR count). The first-order valence-electron chi connectivity index (χ1n) is 10.6. The molecule has 0 saturated carbocycles. The van der Waals surface area contributed by atoms with Crippen molar-refractivity contribution in [3.63, 3.8) is 0 Å². The third-order valence-electron chi connectivity index (χ3n) is 5.89. The molecule has 0 radical (unpaired) electrons. The highest BCUT2D eigenvalue weighted by Gasteiger charge is 2.28. The molecular weight excluding hydrogens is 415 g/mol. The largest absolute Gasteiger partial charge is 0.368 e. The van der Waals surface area contributed by atoms with Gasteiger partial charge in [0.2, 0.25) is 0 Å². The lowest BCUT2D eigenvalue weighted by Gasteiger charge is -2.37. The van der Waals surface area contributed by atoms with Crippen molar-refractivity contribution < 1.29 is 0 Å². The number of rotatable bonds is 6. The van der Waals surface area contributed by atoms with Gasteiger partial charge in [0.05, 0.1) is 28.0 Å². The lowest BCUT2D eigenvalue weighted by Crippen LogP contribution is -2.38. The lowest BCUT2D eigenvalue weighted by molar-refractivity contribution is 0.502. The topological polar surface area (TPSA) is 44.9 Å². The van der Waals surface area contributed by atoms with Gasteiger partial charge >= 0.3 is 0 Å². The molecule has 0 unspecified atom stereocenters. The zero-order valence-corrected chi connectivity index (χ0v) is 19.4. The molecule has 4 nitrogen and oxygen atoms in total. The van der Waals surface area contributed by atoms with Crippen molar-refractivity contribution in [2.45, 2.75) is 58.9 Å². The molecule has 0 saturated heterocycles. The van der Waals surface area contributed by atoms with E-state index >= 15 is 0 Å². The predicted molar refractivity (Wildman–Crippen MR) is 127 cm³/mol. The first-order chi connectivity index (χ1) is 14.1. The smallest absolute Gasteiger partial charge is 0.147 e. The average Bonchev–Trinajstić information content (AvgIpc) is 3.07. The fourth-order valence-electron chi connectivity index (χ4n) is 4.64. The van der Waals surface area contributed by atoms with E-state index < -0.39 is 0 Å². The van der Waals surface area contributed by atoms with Crippen molar-refractivity contribution in [1.82, 2.24) is 9.55 Å². The second kappa shape index (κ2) is 9.29. The molecule has 2 aromatic heterocycles. The summed E-state index contributed by atoms with van der Waals surface area (Å²) in [7, 11) is 0. The summed E-state index contributed by atoms with van der Waals surface area (Å²) in [4.78, 5) is 7.51. The van der Waals surface area contributed by atoms with E-state index in [1.165, 1.54) is 42.3 Å². The Labute approximate surface area is 189 Å². The molecule has 1 aromatic carbocycles. The summed E-state index contributed by atoms with van der Waals surface area (Å²) in [5.74, 6) is 0. The monoisotopic (exact) mass is 442 g/mol. The van der Waals surface area contributed by atoms with E-state index in [1.54, 1.807) is 6.07 Å². The fourth-order valence-corrected chi connectivity index (χ4v) is 4.91. The molecule has 0 amide bonds. The first-order valence-corrected chi connectivity index (χ1v) is 10.9. The number of aryl methyl sites for hydroxylation is 1. The quantitative estimate of drug-likeness (QED) is 0.431. The van der Waals surface area contributed by atoms with Gasteiger partial charge in [-0.15, -0.1) is 12.4 Å². The van der Waals surface area contributed by atoms with E-state index in [1.807, 2.05) is 12.1 Å². The molecule has 0 fully saturated rings. The molecule has 0 atom stereocenters. The molecule has 30 heavy (non-hydrogen) atoms. The minimum atomic E-state index is 0. The molecule has 0 N–H and O–H groups in total. The molecule has 3 heterocycles. The highest BCUT2D eigenvalue weighted by atomic mass is 35.5. The number of nitrogens with zero attached hydrogens (tertiary/aromatic N) is 4. The summed E-state index contributed by atoms with van der Waals surface area (Å²) < 4.78 is 2.10. The number of anilines is 1. The van der Waals surface area contributed by atoms with Gasteiger partial charge in [-0.25, -0.2) is 4.98 Å². The highest BCUT2D eigenvalue weighted by Crippen LogP contribution is 2.39. The Morgan fingerprint density at radius 1 is 1.17 bits per heavy atom. The van der Waals surface area contributed by atoms with Gasteiger partial charge in [-0.1, -0.05) is 38.3 Å². The van der Waals surface area contributed by atoms with Gasteiger partial charge in [0.25, 0.3) is 0 Å². The second-order valence-corrected chi connectivity index (χ2v) is 8.37. The predicted octanol–water partition coefficient (Wildman–Crippen LogP) is 6.61. The summed E-state index contributed by atoms with van der Waals surface area (Å²) in [6, 6.07) is 10.4. The third-order valence-corrected chi connectivity index (χ3v) is 6.20. The van der Waals surface area contributed by atoms with Crippen LogP contribution in [0.25, 0.3) is 16.7 Å². The lowest BCUT2D eigenvalue weighted by atomic mass is 9.98. The Bertz CT molecular complexity index is 1090. The van der Waals surface area contributed by atoms with Gasteiger partial charge < -0.3 is 4.90 Å². The zero-order valence-electron chi connectivity index (χ0n) is 17.8. The minimum absolute atomic E-state index is 0. The Kier molecular flexibility index (Phi) is 6.95. The van der Waals surface area contributed by atoms with Crippen molar-refractivity contribution in [2.24, 2.45) is 0 Å². The SMILES string of the molecule is CCCC(CCC)N1CCc2cn(-c3ccc(C#N)cc3Cl)c3nc(C)cc1c23.Cl. The normalized spacial score (nSPS) is 12.9. The van der Waals surface area contributed by atoms with Crippen molar-refractivity contribution >= 4 is 40.7 Å². The Hall–Kier alpha value is -2.22. The van der Waals surface area contributed by atoms with Crippen LogP contribution in [-0.4, -0.2) is 22.1 Å². The highest BCUT2D eigenvalue weighted by molar-refractivity contribution is 6.32. The van der Waals surface area contributed by atoms with Crippen molar-refractivity contribution in [3.8, 4) is 11.8 Å². The van der Waals surface area contributed by atoms with E-state index in [4.69, 9.17) is 21.8 Å². The van der Waals surface area contributed by atoms with Gasteiger partial charge in [-0.3, -0.25) is 4.57 Å². The number of pyridine rings is 1. The number of nitriles is 1. The minimum Gasteiger partial charge on any atom is -0.368 e. The summed E-state index contributed by atoms with van der Waals surface area (Å²) in [6.07, 6.45) is 8.02. The van der Waals surface area contributed by atoms with Crippen LogP contribution < -0.4 is 4.90 Å². The van der Waals surface area contributed by atoms with Crippen LogP contribution in [0.1, 0.15) is 56.4 Å². The molecule has 158 valence electrons. The van der Waals surface area contributed by atoms with E-state index in [9.17, 15) is 0 Å². The van der Waals surface area contributed by atoms with Crippen LogP contribution >= 0.6 is 24.0 Å². The number of hydrogen-bond donors (Lipinski definition) is 0. The van der Waals surface area contributed by atoms with Crippen LogP contribution in [0.2, 0.25) is 5.02 Å². The first kappa shape index (κ1) is 22.5. The van der Waals surface area contributed by atoms with Crippen molar-refractivity contribution in [1.29, 1.82) is 5.26 Å². The molecule has 0 spiro atoms. The van der Waals surface area contributed by atoms with Gasteiger partial charge in [-0.2, -0.15) is 5.26 Å². The molecule has 6 heteroatoms. The molecular formula is C24H28Cl2N4. The molecule has 1 aliphatic rings. The number of halogens is 2. The van der Waals surface area contributed by atoms with Crippen molar-refractivity contribution in [3.05, 3.63) is 52.3 Å². The van der Waals surface area contributed by atoms with Crippen LogP contribution in [0.5, 0.6) is 0 Å². The summed E-state index contributed by atoms with van der Waals surface area (Å²) in [5.41, 5.74) is 6.05. The molecule has 0 bridgehead atoms. The Morgan fingerprint density at radius 2 is 1.90 bits per heavy atom. The van der Waals surface area contributed by atoms with Crippen LogP contribution in [0.15, 0.2) is 30.5 Å². The van der Waals surface area contributed by atoms with Crippen LogP contribution in [-0.2, 0) is 6.42 Å². The number of aromatic nitrogens is 2. The van der Waals surface area contributed by atoms with Gasteiger partial charge in [0.1, 0.15) is 5.65 Å². The van der Waals surface area contributed by atoms with Crippen LogP contribution in [0.3, 0.4) is 0 Å². The second-order valence-electron chi connectivity index (χ2n) is 7.96. The molecule has 1 aliphatic heterocycles. The van der Waals surface area contributed by atoms with E-state index in [0.29, 0.717) is 16.6 Å². The zero-order chi connectivity index (χ0) is 20.5. The molecule has 0 aliphatic carbocycles. The number of hydrogen-bond acceptors (Lipinski definition) is 3. The van der Waals surface area contributed by atoms with Gasteiger partial charge in [0.15, 0.2) is 0 Å². The standard InChI is InChI=1S/C24H27ClN4.ClH/c1-4-6-19(7-5-2)28-11-10-18-15-29(21-9-8-17(14-26)13-20(21)25)24-23(18)22(28)12-16(3)27-24;/h8-9,12-13,15,19H,4-7,10-11H2,1-3H3;1H. The van der Waals surface area contributed by atoms with Gasteiger partial charge in [-0.05, 0) is 56.0 Å². The third kappa shape index (κ3) is 3.89. The van der Waals surface area contributed by atoms with E-state index in [-0.39, 0.29) is 12.4 Å². The summed E-state index contributed by atoms with van der Waals surface area (Å²) in [6.45, 7) is 7.65. The fraction of sp³-hybridized carbons (Fsp3) is 0.417. The Balaban J connectivity index is 0.00000256. The van der Waals surface area contributed by atoms with E-state index in [2.05, 4.69) is 48.6 Å². The summed E-state index contributed by atoms with van der Waals surface area (Å²) in [5, 5.41) is 11.0. The number of benzene rings is 1. The van der Waals surface area contributed by atoms with Gasteiger partial charge in [0, 0.05) is 29.9 Å². The van der Waals surface area contributed by atoms with Crippen molar-refractivity contribution in [2.75, 3.05) is 11.4 Å². The van der Waals surface area contributed by atoms with Crippen LogP contribution in [0.4, 0.5) is 5.69 Å². The summed E-state index contributed by atoms with van der Waals surface area (Å²) >= 11 is 6.54.